The highest BCUT2D eigenvalue weighted by Crippen LogP contribution is 2.18. The SMILES string of the molecule is Cc1cc(=O)[nH]c2nnc(SCC(=O)N3CCCCCC3)n12. The number of amides is 1. The molecule has 2 aromatic rings. The Morgan fingerprint density at radius 1 is 1.27 bits per heavy atom. The summed E-state index contributed by atoms with van der Waals surface area (Å²) in [6, 6.07) is 1.50. The molecule has 1 amide bonds. The molecule has 0 bridgehead atoms. The number of fused-ring (bicyclic) bond motifs is 1. The second-order valence-electron chi connectivity index (χ2n) is 5.50. The largest absolute Gasteiger partial charge is 0.342 e. The van der Waals surface area contributed by atoms with Crippen molar-refractivity contribution in [3.8, 4) is 0 Å². The Balaban J connectivity index is 1.71. The summed E-state index contributed by atoms with van der Waals surface area (Å²) in [6.07, 6.45) is 4.59. The number of aryl methyl sites for hydroxylation is 1. The molecule has 1 fully saturated rings. The van der Waals surface area contributed by atoms with Crippen LogP contribution in [0.1, 0.15) is 31.4 Å². The van der Waals surface area contributed by atoms with Gasteiger partial charge in [-0.25, -0.2) is 0 Å². The van der Waals surface area contributed by atoms with Crippen molar-refractivity contribution < 1.29 is 4.79 Å². The van der Waals surface area contributed by atoms with E-state index in [9.17, 15) is 9.59 Å². The first kappa shape index (κ1) is 15.1. The number of nitrogens with zero attached hydrogens (tertiary/aromatic N) is 4. The number of rotatable bonds is 3. The molecule has 0 atom stereocenters. The minimum atomic E-state index is -0.199. The summed E-state index contributed by atoms with van der Waals surface area (Å²) < 4.78 is 1.77. The number of aromatic amines is 1. The molecule has 22 heavy (non-hydrogen) atoms. The lowest BCUT2D eigenvalue weighted by molar-refractivity contribution is -0.128. The number of nitrogens with one attached hydrogen (secondary N) is 1. The first-order valence-corrected chi connectivity index (χ1v) is 8.49. The molecule has 2 aromatic heterocycles. The molecule has 8 heteroatoms. The van der Waals surface area contributed by atoms with Crippen LogP contribution in [-0.2, 0) is 4.79 Å². The fourth-order valence-electron chi connectivity index (χ4n) is 2.70. The van der Waals surface area contributed by atoms with Crippen molar-refractivity contribution in [3.63, 3.8) is 0 Å². The summed E-state index contributed by atoms with van der Waals surface area (Å²) in [5, 5.41) is 8.66. The van der Waals surface area contributed by atoms with Crippen molar-refractivity contribution in [3.05, 3.63) is 22.1 Å². The van der Waals surface area contributed by atoms with Crippen molar-refractivity contribution >= 4 is 23.4 Å². The lowest BCUT2D eigenvalue weighted by Crippen LogP contribution is -2.33. The predicted octanol–water partition coefficient (Wildman–Crippen LogP) is 1.22. The summed E-state index contributed by atoms with van der Waals surface area (Å²) in [5.41, 5.74) is 0.558. The molecule has 118 valence electrons. The van der Waals surface area contributed by atoms with Gasteiger partial charge in [0.1, 0.15) is 0 Å². The standard InChI is InChI=1S/C14H19N5O2S/c1-10-8-11(20)15-13-16-17-14(19(10)13)22-9-12(21)18-6-4-2-3-5-7-18/h8H,2-7,9H2,1H3,(H,15,16,20). The van der Waals surface area contributed by atoms with Gasteiger partial charge in [0.15, 0.2) is 5.16 Å². The van der Waals surface area contributed by atoms with E-state index in [4.69, 9.17) is 0 Å². The first-order valence-electron chi connectivity index (χ1n) is 7.51. The Morgan fingerprint density at radius 3 is 2.73 bits per heavy atom. The van der Waals surface area contributed by atoms with E-state index >= 15 is 0 Å². The molecule has 0 radical (unpaired) electrons. The van der Waals surface area contributed by atoms with E-state index in [2.05, 4.69) is 15.2 Å². The Bertz CT molecular complexity index is 730. The van der Waals surface area contributed by atoms with Crippen molar-refractivity contribution in [2.45, 2.75) is 37.8 Å². The molecule has 3 rings (SSSR count). The van der Waals surface area contributed by atoms with Crippen LogP contribution in [0.2, 0.25) is 0 Å². The van der Waals surface area contributed by atoms with Gasteiger partial charge in [-0.1, -0.05) is 24.6 Å². The Morgan fingerprint density at radius 2 is 2.00 bits per heavy atom. The second kappa shape index (κ2) is 6.51. The molecule has 0 unspecified atom stereocenters. The number of hydrogen-bond acceptors (Lipinski definition) is 5. The van der Waals surface area contributed by atoms with Gasteiger partial charge < -0.3 is 4.90 Å². The third kappa shape index (κ3) is 3.16. The quantitative estimate of drug-likeness (QED) is 0.860. The third-order valence-electron chi connectivity index (χ3n) is 3.84. The average Bonchev–Trinajstić information content (AvgIpc) is 2.71. The van der Waals surface area contributed by atoms with E-state index in [0.29, 0.717) is 16.7 Å². The van der Waals surface area contributed by atoms with Crippen LogP contribution >= 0.6 is 11.8 Å². The minimum Gasteiger partial charge on any atom is -0.342 e. The molecule has 1 saturated heterocycles. The van der Waals surface area contributed by atoms with Crippen LogP contribution in [0.4, 0.5) is 0 Å². The van der Waals surface area contributed by atoms with Gasteiger partial charge in [0, 0.05) is 24.8 Å². The highest BCUT2D eigenvalue weighted by atomic mass is 32.2. The number of carbonyl (C=O) groups is 1. The van der Waals surface area contributed by atoms with Gasteiger partial charge in [-0.15, -0.1) is 10.2 Å². The van der Waals surface area contributed by atoms with Gasteiger partial charge in [0.05, 0.1) is 5.75 Å². The monoisotopic (exact) mass is 321 g/mol. The molecular weight excluding hydrogens is 302 g/mol. The van der Waals surface area contributed by atoms with Crippen molar-refractivity contribution in [2.75, 3.05) is 18.8 Å². The minimum absolute atomic E-state index is 0.144. The van der Waals surface area contributed by atoms with Crippen LogP contribution in [0.5, 0.6) is 0 Å². The highest BCUT2D eigenvalue weighted by molar-refractivity contribution is 7.99. The number of H-pyrrole nitrogens is 1. The molecule has 0 aromatic carbocycles. The predicted molar refractivity (Wildman–Crippen MR) is 84.1 cm³/mol. The zero-order valence-corrected chi connectivity index (χ0v) is 13.4. The molecule has 0 saturated carbocycles. The maximum Gasteiger partial charge on any atom is 0.252 e. The van der Waals surface area contributed by atoms with Crippen LogP contribution in [-0.4, -0.2) is 49.2 Å². The van der Waals surface area contributed by atoms with Crippen LogP contribution < -0.4 is 5.56 Å². The summed E-state index contributed by atoms with van der Waals surface area (Å²) in [5.74, 6) is 0.903. The van der Waals surface area contributed by atoms with Gasteiger partial charge in [-0.3, -0.25) is 19.0 Å². The van der Waals surface area contributed by atoms with E-state index in [-0.39, 0.29) is 11.5 Å². The summed E-state index contributed by atoms with van der Waals surface area (Å²) >= 11 is 1.36. The van der Waals surface area contributed by atoms with E-state index in [1.165, 1.54) is 30.7 Å². The molecule has 7 nitrogen and oxygen atoms in total. The first-order chi connectivity index (χ1) is 10.6. The van der Waals surface area contributed by atoms with Crippen LogP contribution in [0.3, 0.4) is 0 Å². The van der Waals surface area contributed by atoms with E-state index in [1.807, 2.05) is 11.8 Å². The summed E-state index contributed by atoms with van der Waals surface area (Å²) in [4.78, 5) is 28.3. The van der Waals surface area contributed by atoms with Crippen molar-refractivity contribution in [1.82, 2.24) is 24.5 Å². The van der Waals surface area contributed by atoms with Crippen LogP contribution in [0, 0.1) is 6.92 Å². The number of aromatic nitrogens is 4. The second-order valence-corrected chi connectivity index (χ2v) is 6.44. The molecule has 1 aliphatic heterocycles. The molecule has 0 spiro atoms. The molecule has 3 heterocycles. The van der Waals surface area contributed by atoms with Gasteiger partial charge in [-0.2, -0.15) is 0 Å². The molecule has 1 N–H and O–H groups in total. The molecule has 0 aliphatic carbocycles. The van der Waals surface area contributed by atoms with E-state index in [0.717, 1.165) is 31.6 Å². The average molecular weight is 321 g/mol. The van der Waals surface area contributed by atoms with Gasteiger partial charge >= 0.3 is 0 Å². The van der Waals surface area contributed by atoms with Crippen molar-refractivity contribution in [2.24, 2.45) is 0 Å². The number of thioether (sulfide) groups is 1. The lowest BCUT2D eigenvalue weighted by atomic mass is 10.2. The maximum atomic E-state index is 12.3. The fraction of sp³-hybridized carbons (Fsp3) is 0.571. The lowest BCUT2D eigenvalue weighted by Gasteiger charge is -2.19. The van der Waals surface area contributed by atoms with Gasteiger partial charge in [0.25, 0.3) is 5.56 Å². The summed E-state index contributed by atoms with van der Waals surface area (Å²) in [7, 11) is 0. The highest BCUT2D eigenvalue weighted by Gasteiger charge is 2.17. The zero-order valence-electron chi connectivity index (χ0n) is 12.5. The zero-order chi connectivity index (χ0) is 15.5. The number of hydrogen-bond donors (Lipinski definition) is 1. The van der Waals surface area contributed by atoms with E-state index < -0.39 is 0 Å². The summed E-state index contributed by atoms with van der Waals surface area (Å²) in [6.45, 7) is 3.53. The van der Waals surface area contributed by atoms with Crippen molar-refractivity contribution in [1.29, 1.82) is 0 Å². The van der Waals surface area contributed by atoms with Crippen LogP contribution in [0.15, 0.2) is 16.0 Å². The Kier molecular flexibility index (Phi) is 4.47. The maximum absolute atomic E-state index is 12.3. The number of carbonyl (C=O) groups excluding carboxylic acids is 1. The number of likely N-dealkylation sites (tertiary alicyclic amines) is 1. The molecular formula is C14H19N5O2S. The van der Waals surface area contributed by atoms with Gasteiger partial charge in [-0.05, 0) is 19.8 Å². The smallest absolute Gasteiger partial charge is 0.252 e. The van der Waals surface area contributed by atoms with E-state index in [1.54, 1.807) is 4.40 Å². The third-order valence-corrected chi connectivity index (χ3v) is 4.76. The Hall–Kier alpha value is -1.83. The van der Waals surface area contributed by atoms with Gasteiger partial charge in [0.2, 0.25) is 11.7 Å². The fourth-order valence-corrected chi connectivity index (χ4v) is 3.59. The van der Waals surface area contributed by atoms with Crippen LogP contribution in [0.25, 0.3) is 5.78 Å². The molecule has 1 aliphatic rings. The Labute approximate surface area is 132 Å². The topological polar surface area (TPSA) is 83.4 Å². The normalized spacial score (nSPS) is 16.0.